The number of aliphatic hydroxyl groups excluding tert-OH is 4. The molecule has 20 heteroatoms. The van der Waals surface area contributed by atoms with Crippen LogP contribution in [0.3, 0.4) is 0 Å². The summed E-state index contributed by atoms with van der Waals surface area (Å²) in [5.74, 6) is -5.24. The number of carbonyl (C=O) groups is 5. The summed E-state index contributed by atoms with van der Waals surface area (Å²) in [6, 6.07) is 8.96. The molecule has 11 atom stereocenters. The van der Waals surface area contributed by atoms with Crippen LogP contribution < -0.4 is 14.8 Å². The molecule has 20 nitrogen and oxygen atoms in total. The lowest BCUT2D eigenvalue weighted by Crippen LogP contribution is -2.61. The van der Waals surface area contributed by atoms with Crippen molar-refractivity contribution >= 4 is 29.4 Å². The number of methoxy groups -OCH3 is 1. The van der Waals surface area contributed by atoms with E-state index in [4.69, 9.17) is 28.4 Å². The minimum absolute atomic E-state index is 0.0511. The first-order valence-electron chi connectivity index (χ1n) is 19.1. The Hall–Kier alpha value is -5.71. The molecule has 0 saturated carbocycles. The van der Waals surface area contributed by atoms with E-state index in [1.807, 2.05) is 0 Å². The number of ether oxygens (including phenoxy) is 6. The maximum Gasteiger partial charge on any atom is 0.407 e. The average Bonchev–Trinajstić information content (AvgIpc) is 3.22. The van der Waals surface area contributed by atoms with Gasteiger partial charge in [0.05, 0.1) is 42.0 Å². The molecule has 4 aliphatic rings. The maximum atomic E-state index is 13.9. The fourth-order valence-electron chi connectivity index (χ4n) is 8.06. The first kappa shape index (κ1) is 43.4. The molecule has 3 aromatic carbocycles. The van der Waals surface area contributed by atoms with E-state index >= 15 is 0 Å². The molecule has 0 bridgehead atoms. The van der Waals surface area contributed by atoms with Gasteiger partial charge in [-0.25, -0.2) is 9.59 Å². The summed E-state index contributed by atoms with van der Waals surface area (Å²) >= 11 is 0. The van der Waals surface area contributed by atoms with Gasteiger partial charge in [0.2, 0.25) is 12.1 Å². The van der Waals surface area contributed by atoms with E-state index in [0.717, 1.165) is 6.92 Å². The van der Waals surface area contributed by atoms with Gasteiger partial charge in [-0.1, -0.05) is 24.3 Å². The molecule has 0 aromatic heterocycles. The van der Waals surface area contributed by atoms with Crippen molar-refractivity contribution in [3.63, 3.8) is 0 Å². The Labute approximate surface area is 345 Å². The SMILES string of the molecule is COc1cccc2c1C(=O)c1c(O)c3c(c(O)c1C2=O)C[C@@](O)(C(C)=O)C[C@@H]3O[C@H]1C[C@H](NC(=O)OCc2ccc(O[C@@H]3O[C@H](C(=O)O)[C@@H](O)[C@H](O)[C@H]3O)cc2)[C@H](O)[C@H](C)O1. The highest BCUT2D eigenvalue weighted by molar-refractivity contribution is 6.31. The molecular weight excluding hydrogens is 810 g/mol. The number of aliphatic hydroxyl groups is 5. The van der Waals surface area contributed by atoms with Gasteiger partial charge in [0.25, 0.3) is 0 Å². The number of aliphatic carboxylic acids is 1. The summed E-state index contributed by atoms with van der Waals surface area (Å²) in [6.45, 7) is 2.32. The molecule has 9 N–H and O–H groups in total. The van der Waals surface area contributed by atoms with Crippen molar-refractivity contribution in [3.8, 4) is 23.0 Å². The molecule has 2 saturated heterocycles. The smallest absolute Gasteiger partial charge is 0.407 e. The number of alkyl carbamates (subject to hydrolysis) is 1. The van der Waals surface area contributed by atoms with Gasteiger partial charge in [0, 0.05) is 36.0 Å². The van der Waals surface area contributed by atoms with Crippen molar-refractivity contribution in [2.24, 2.45) is 0 Å². The Kier molecular flexibility index (Phi) is 11.8. The number of fused-ring (bicyclic) bond motifs is 3. The number of carboxylic acid groups (broad SMARTS) is 1. The molecule has 2 heterocycles. The molecule has 2 aliphatic heterocycles. The van der Waals surface area contributed by atoms with Crippen molar-refractivity contribution in [2.75, 3.05) is 7.11 Å². The molecular formula is C41H43NO19. The topological polar surface area (TPSA) is 315 Å². The Bertz CT molecular complexity index is 2260. The Morgan fingerprint density at radius 3 is 2.23 bits per heavy atom. The van der Waals surface area contributed by atoms with E-state index in [9.17, 15) is 64.8 Å². The third kappa shape index (κ3) is 7.88. The van der Waals surface area contributed by atoms with Crippen molar-refractivity contribution < 1.29 is 93.2 Å². The number of hydrogen-bond acceptors (Lipinski definition) is 18. The van der Waals surface area contributed by atoms with Gasteiger partial charge in [-0.05, 0) is 37.6 Å². The lowest BCUT2D eigenvalue weighted by molar-refractivity contribution is -0.271. The van der Waals surface area contributed by atoms with Gasteiger partial charge in [-0.15, -0.1) is 0 Å². The summed E-state index contributed by atoms with van der Waals surface area (Å²) in [5, 5.41) is 87.8. The number of Topliss-reactive ketones (excluding diaryl/α,β-unsaturated/α-hetero) is 1. The molecule has 3 aromatic rings. The molecule has 1 amide bonds. The monoisotopic (exact) mass is 853 g/mol. The van der Waals surface area contributed by atoms with Crippen LogP contribution in [-0.2, 0) is 41.6 Å². The first-order chi connectivity index (χ1) is 28.8. The highest BCUT2D eigenvalue weighted by atomic mass is 16.7. The zero-order chi connectivity index (χ0) is 44.2. The third-order valence-electron chi connectivity index (χ3n) is 11.4. The lowest BCUT2D eigenvalue weighted by Gasteiger charge is -2.42. The quantitative estimate of drug-likeness (QED) is 0.0967. The largest absolute Gasteiger partial charge is 0.507 e. The number of ketones is 3. The highest BCUT2D eigenvalue weighted by Gasteiger charge is 2.51. The zero-order valence-corrected chi connectivity index (χ0v) is 32.7. The number of phenolic OH excluding ortho intramolecular Hbond substituents is 2. The molecule has 0 unspecified atom stereocenters. The first-order valence-corrected chi connectivity index (χ1v) is 19.1. The molecule has 7 rings (SSSR count). The van der Waals surface area contributed by atoms with Crippen LogP contribution in [0.1, 0.15) is 81.3 Å². The van der Waals surface area contributed by atoms with Crippen molar-refractivity contribution in [2.45, 2.75) is 107 Å². The number of phenols is 2. The van der Waals surface area contributed by atoms with Crippen molar-refractivity contribution in [1.29, 1.82) is 0 Å². The standard InChI is InChI=1S/C41H43NO19/c1-15-29(44)21(42-40(54)57-14-17-7-9-18(10-8-17)59-39-36(51)34(49)35(50)37(61-39)38(52)53)11-24(58-15)60-23-13-41(55,16(2)43)12-20-26(23)33(48)28-27(31(20)46)30(45)19-5-4-6-22(56-3)25(19)32(28)47/h4-10,15,21,23-24,29,34-37,39,44,46,48-51,55H,11-14H2,1-3H3,(H,42,54)(H,52,53)/t15-,21-,23-,24-,29+,34-,35-,36+,37-,39+,41-/m0/s1. The van der Waals surface area contributed by atoms with Gasteiger partial charge in [0.1, 0.15) is 59.6 Å². The fourth-order valence-corrected chi connectivity index (χ4v) is 8.06. The van der Waals surface area contributed by atoms with E-state index in [1.54, 1.807) is 0 Å². The number of rotatable bonds is 10. The molecule has 2 fully saturated rings. The average molecular weight is 854 g/mol. The molecule has 61 heavy (non-hydrogen) atoms. The summed E-state index contributed by atoms with van der Waals surface area (Å²) in [5.41, 5.74) is -3.36. The Morgan fingerprint density at radius 1 is 0.885 bits per heavy atom. The minimum Gasteiger partial charge on any atom is -0.507 e. The van der Waals surface area contributed by atoms with Gasteiger partial charge in [-0.2, -0.15) is 0 Å². The van der Waals surface area contributed by atoms with Crippen molar-refractivity contribution in [3.05, 3.63) is 81.4 Å². The second-order valence-corrected chi connectivity index (χ2v) is 15.3. The number of benzene rings is 3. The van der Waals surface area contributed by atoms with Crippen LogP contribution in [0.2, 0.25) is 0 Å². The van der Waals surface area contributed by atoms with E-state index < -0.39 is 132 Å². The van der Waals surface area contributed by atoms with Gasteiger partial charge in [0.15, 0.2) is 24.0 Å². The summed E-state index contributed by atoms with van der Waals surface area (Å²) in [7, 11) is 1.30. The predicted molar refractivity (Wildman–Crippen MR) is 201 cm³/mol. The Morgan fingerprint density at radius 2 is 1.57 bits per heavy atom. The van der Waals surface area contributed by atoms with Crippen LogP contribution in [0.5, 0.6) is 23.0 Å². The summed E-state index contributed by atoms with van der Waals surface area (Å²) in [4.78, 5) is 64.9. The number of carboxylic acids is 1. The minimum atomic E-state index is -2.16. The Balaban J connectivity index is 1.05. The fraction of sp³-hybridized carbons (Fsp3) is 0.439. The predicted octanol–water partition coefficient (Wildman–Crippen LogP) is 0.268. The number of carbonyl (C=O) groups excluding carboxylic acids is 4. The van der Waals surface area contributed by atoms with Crippen LogP contribution >= 0.6 is 0 Å². The molecule has 0 spiro atoms. The van der Waals surface area contributed by atoms with E-state index in [0.29, 0.717) is 5.56 Å². The zero-order valence-electron chi connectivity index (χ0n) is 32.7. The lowest BCUT2D eigenvalue weighted by atomic mass is 9.72. The van der Waals surface area contributed by atoms with Crippen molar-refractivity contribution in [1.82, 2.24) is 5.32 Å². The molecule has 326 valence electrons. The molecule has 0 radical (unpaired) electrons. The van der Waals surface area contributed by atoms with Crippen LogP contribution in [0.25, 0.3) is 0 Å². The van der Waals surface area contributed by atoms with E-state index in [2.05, 4.69) is 5.32 Å². The third-order valence-corrected chi connectivity index (χ3v) is 11.4. The number of hydrogen-bond donors (Lipinski definition) is 9. The van der Waals surface area contributed by atoms with E-state index in [-0.39, 0.29) is 46.8 Å². The number of aromatic hydroxyl groups is 2. The van der Waals surface area contributed by atoms with E-state index in [1.165, 1.54) is 56.5 Å². The van der Waals surface area contributed by atoms with Crippen LogP contribution in [0, 0.1) is 0 Å². The van der Waals surface area contributed by atoms with Crippen LogP contribution in [-0.4, -0.2) is 138 Å². The van der Waals surface area contributed by atoms with Crippen LogP contribution in [0.4, 0.5) is 4.79 Å². The van der Waals surface area contributed by atoms with Crippen LogP contribution in [0.15, 0.2) is 42.5 Å². The normalized spacial score (nSPS) is 30.6. The maximum absolute atomic E-state index is 13.9. The molecule has 2 aliphatic carbocycles. The summed E-state index contributed by atoms with van der Waals surface area (Å²) in [6.07, 6.45) is -16.3. The second-order valence-electron chi connectivity index (χ2n) is 15.3. The van der Waals surface area contributed by atoms with Gasteiger partial charge >= 0.3 is 12.1 Å². The van der Waals surface area contributed by atoms with Gasteiger partial charge < -0.3 is 74.6 Å². The second kappa shape index (κ2) is 16.6. The number of nitrogens with one attached hydrogen (secondary N) is 1. The van der Waals surface area contributed by atoms with Gasteiger partial charge in [-0.3, -0.25) is 14.4 Å². The number of amides is 1. The summed E-state index contributed by atoms with van der Waals surface area (Å²) < 4.78 is 33.4. The highest BCUT2D eigenvalue weighted by Crippen LogP contribution is 2.52.